The number of fused-ring (bicyclic) bond motifs is 12. The van der Waals surface area contributed by atoms with Crippen molar-refractivity contribution in [3.63, 3.8) is 0 Å². The number of ether oxygens (including phenoxy) is 8. The number of imidazole rings is 2. The van der Waals surface area contributed by atoms with Gasteiger partial charge in [0.25, 0.3) is 0 Å². The number of amides is 7. The van der Waals surface area contributed by atoms with Crippen molar-refractivity contribution in [1.82, 2.24) is 55.5 Å². The zero-order valence-corrected chi connectivity index (χ0v) is 74.2. The van der Waals surface area contributed by atoms with Crippen LogP contribution in [0.1, 0.15) is 138 Å². The summed E-state index contributed by atoms with van der Waals surface area (Å²) in [5, 5.41) is 11.8. The number of alkyl carbamates (subject to hydrolysis) is 3. The second-order valence-corrected chi connectivity index (χ2v) is 36.1. The number of rotatable bonds is 20. The van der Waals surface area contributed by atoms with Crippen LogP contribution in [0.4, 0.5) is 56.9 Å². The Morgan fingerprint density at radius 1 is 0.508 bits per heavy atom. The smallest absolute Gasteiger partial charge is 0.410 e. The molecule has 0 aliphatic carbocycles. The van der Waals surface area contributed by atoms with Crippen LogP contribution < -0.4 is 25.4 Å². The molecule has 7 aromatic carbocycles. The second-order valence-electron chi connectivity index (χ2n) is 36.1. The van der Waals surface area contributed by atoms with E-state index in [1.165, 1.54) is 19.1 Å². The fourth-order valence-corrected chi connectivity index (χ4v) is 19.4. The summed E-state index contributed by atoms with van der Waals surface area (Å²) in [6, 6.07) is 31.6. The van der Waals surface area contributed by atoms with E-state index in [-0.39, 0.29) is 79.5 Å². The third kappa shape index (κ3) is 18.4. The van der Waals surface area contributed by atoms with Crippen LogP contribution in [0.15, 0.2) is 138 Å². The number of hydrogen-bond acceptors (Lipinski definition) is 19. The van der Waals surface area contributed by atoms with E-state index in [1.807, 2.05) is 111 Å². The standard InChI is InChI=1S/C50H52F3N7O8.C46H53F3N6O7/c1-26(2)43(57-48(63)66-4)46(61)60-23-32(50(51,52)53)18-41(60)45-54-21-39(56-45)30-11-13-33-31(16-30)25-68-42-20-34-29(17-36(33)42)12-14-37-35(34)19-38(55-37)40-15-27(24-65-3)22-59(40)47(62)44(58-49(64)67-5)28-9-7-6-8-10-28;1-8-24(2)40(53-43(57)60-7)42(56)54-21-29(46(47,48)49)16-38(54)41-50-19-36(52-41)27-9-11-30-28(14-27)23-61-39-18-31-26(15-33(30)39)10-12-34-32(31)17-35(51-34)37-13-25(22-59-6)20-55(37)44(58)62-45(3,4)5/h6-14,16-17,20-21,26-27,32,40-41,43-44H,15,18-19,22-25H2,1-5H3,(H,54,56)(H,57,63)(H,58,64);9-12,14-15,18-19,24-25,29,37-38,40H,8,13,16-17,20-23H2,1-7H3,(H,50,52)(H,53,57)/t27-,32-,40-,41-,43-,44+;24?,25-,29-,37-,38-,40-/m00/s1. The summed E-state index contributed by atoms with van der Waals surface area (Å²) in [5.74, 6) is -3.75. The maximum Gasteiger partial charge on any atom is 0.410 e. The average Bonchev–Trinajstić information content (AvgIpc) is 1.49. The molecule has 0 radical (unpaired) electrons. The Labute approximate surface area is 746 Å². The molecule has 0 bridgehead atoms. The van der Waals surface area contributed by atoms with Crippen molar-refractivity contribution in [3.8, 4) is 56.3 Å². The fraction of sp³-hybridized carbons (Fsp3) is 0.448. The number of likely N-dealkylation sites (tertiary alicyclic amines) is 4. The summed E-state index contributed by atoms with van der Waals surface area (Å²) >= 11 is 0. The Hall–Kier alpha value is -12.6. The summed E-state index contributed by atoms with van der Waals surface area (Å²) in [5.41, 5.74) is 13.8. The fourth-order valence-electron chi connectivity index (χ4n) is 19.4. The number of carbonyl (C=O) groups is 7. The number of halogens is 6. The zero-order chi connectivity index (χ0) is 92.3. The van der Waals surface area contributed by atoms with Crippen molar-refractivity contribution >= 4 is 86.4 Å². The molecule has 8 aliphatic heterocycles. The van der Waals surface area contributed by atoms with Gasteiger partial charge in [0.15, 0.2) is 0 Å². The maximum absolute atomic E-state index is 14.4. The minimum Gasteiger partial charge on any atom is -0.488 e. The van der Waals surface area contributed by atoms with Crippen LogP contribution in [0.5, 0.6) is 11.5 Å². The molecule has 7 amide bonds. The number of nitrogens with zero attached hydrogens (tertiary/aromatic N) is 8. The highest BCUT2D eigenvalue weighted by molar-refractivity contribution is 6.08. The van der Waals surface area contributed by atoms with Crippen molar-refractivity contribution < 1.29 is 97.8 Å². The molecular weight excluding hydrogens is 1690 g/mol. The Kier molecular flexibility index (Phi) is 25.7. The molecule has 17 rings (SSSR count). The number of H-pyrrole nitrogens is 2. The number of carbonyl (C=O) groups excluding carboxylic acids is 7. The van der Waals surface area contributed by atoms with Crippen molar-refractivity contribution in [2.75, 3.05) is 74.9 Å². The molecule has 8 aliphatic rings. The molecule has 0 saturated carbocycles. The summed E-state index contributed by atoms with van der Waals surface area (Å²) in [6.07, 6.45) is -6.48. The van der Waals surface area contributed by atoms with Crippen molar-refractivity contribution in [3.05, 3.63) is 167 Å². The SMILES string of the molecule is CCC(C)[C@H](NC(=O)OC)C(=O)N1C[C@@H](C(F)(F)F)C[C@H]1c1ncc(-c2ccc3c(c2)COc2cc4c5c(ccc4cc2-3)N=C([C@@H]2C[C@H](COC)CN2C(=O)OC(C)(C)C)C5)[nH]1.COC[C@H]1C[C@@H](C2=Nc3ccc4cc5c(cc4c3C2)OCc2cc(-c3cnc([C@@H]4C[C@H](C(F)(F)F)CN4C(=O)[C@@H](NC(=O)OC)C(C)C)[nH]3)ccc2-5)N(C(=O)[C@H](NC(=O)OC)c2ccccc2)C1. The highest BCUT2D eigenvalue weighted by atomic mass is 19.4. The molecule has 686 valence electrons. The third-order valence-electron chi connectivity index (χ3n) is 26.2. The first-order chi connectivity index (χ1) is 62.1. The number of methoxy groups -OCH3 is 5. The number of aromatic amines is 2. The van der Waals surface area contributed by atoms with Crippen molar-refractivity contribution in [2.45, 2.75) is 167 Å². The predicted molar refractivity (Wildman–Crippen MR) is 471 cm³/mol. The first-order valence-electron chi connectivity index (χ1n) is 43.7. The van der Waals surface area contributed by atoms with Gasteiger partial charge in [-0.2, -0.15) is 26.3 Å². The summed E-state index contributed by atoms with van der Waals surface area (Å²) in [4.78, 5) is 124. The molecule has 4 fully saturated rings. The number of aromatic nitrogens is 4. The lowest BCUT2D eigenvalue weighted by Crippen LogP contribution is -2.51. The Morgan fingerprint density at radius 2 is 0.954 bits per heavy atom. The van der Waals surface area contributed by atoms with Crippen molar-refractivity contribution in [2.24, 2.45) is 45.5 Å². The van der Waals surface area contributed by atoms with E-state index in [9.17, 15) is 59.9 Å². The lowest BCUT2D eigenvalue weighted by molar-refractivity contribution is -0.172. The van der Waals surface area contributed by atoms with Gasteiger partial charge in [0.2, 0.25) is 17.7 Å². The summed E-state index contributed by atoms with van der Waals surface area (Å²) in [7, 11) is 6.90. The Bertz CT molecular complexity index is 5930. The monoisotopic (exact) mass is 1790 g/mol. The largest absolute Gasteiger partial charge is 0.488 e. The highest BCUT2D eigenvalue weighted by Gasteiger charge is 2.54. The van der Waals surface area contributed by atoms with Gasteiger partial charge in [0, 0.05) is 87.6 Å². The molecule has 0 spiro atoms. The van der Waals surface area contributed by atoms with Gasteiger partial charge in [0.1, 0.15) is 60.1 Å². The molecule has 34 heteroatoms. The maximum atomic E-state index is 14.4. The molecule has 28 nitrogen and oxygen atoms in total. The number of alkyl halides is 6. The molecular formula is C96H105F6N13O15. The third-order valence-corrected chi connectivity index (χ3v) is 26.2. The van der Waals surface area contributed by atoms with Gasteiger partial charge in [-0.05, 0) is 178 Å². The van der Waals surface area contributed by atoms with Crippen LogP contribution in [-0.2, 0) is 68.9 Å². The van der Waals surface area contributed by atoms with Crippen LogP contribution in [0.2, 0.25) is 0 Å². The Balaban J connectivity index is 0.000000191. The van der Waals surface area contributed by atoms with Crippen LogP contribution >= 0.6 is 0 Å². The predicted octanol–water partition coefficient (Wildman–Crippen LogP) is 17.1. The zero-order valence-electron chi connectivity index (χ0n) is 74.2. The van der Waals surface area contributed by atoms with E-state index in [2.05, 4.69) is 64.9 Å². The highest BCUT2D eigenvalue weighted by Crippen LogP contribution is 2.51. The van der Waals surface area contributed by atoms with E-state index in [1.54, 1.807) is 64.4 Å². The van der Waals surface area contributed by atoms with Gasteiger partial charge in [0.05, 0.1) is 106 Å². The van der Waals surface area contributed by atoms with Crippen LogP contribution in [0.3, 0.4) is 0 Å². The van der Waals surface area contributed by atoms with Gasteiger partial charge in [-0.3, -0.25) is 29.3 Å². The summed E-state index contributed by atoms with van der Waals surface area (Å²) in [6.45, 7) is 14.0. The number of nitrogens with one attached hydrogen (secondary N) is 5. The molecule has 4 saturated heterocycles. The first-order valence-corrected chi connectivity index (χ1v) is 43.7. The van der Waals surface area contributed by atoms with Gasteiger partial charge in [-0.1, -0.05) is 101 Å². The average molecular weight is 1790 g/mol. The van der Waals surface area contributed by atoms with E-state index in [0.29, 0.717) is 74.7 Å². The molecule has 1 unspecified atom stereocenters. The van der Waals surface area contributed by atoms with E-state index in [0.717, 1.165) is 124 Å². The first kappa shape index (κ1) is 90.7. The van der Waals surface area contributed by atoms with E-state index < -0.39 is 109 Å². The lowest BCUT2D eigenvalue weighted by atomic mass is 9.90. The second kappa shape index (κ2) is 36.7. The normalized spacial score (nSPS) is 21.1. The van der Waals surface area contributed by atoms with Crippen molar-refractivity contribution in [1.29, 1.82) is 0 Å². The summed E-state index contributed by atoms with van der Waals surface area (Å²) < 4.78 is 129. The van der Waals surface area contributed by atoms with Crippen LogP contribution in [-0.4, -0.2) is 210 Å². The lowest BCUT2D eigenvalue weighted by Gasteiger charge is -2.31. The molecule has 9 aromatic rings. The molecule has 5 N–H and O–H groups in total. The quantitative estimate of drug-likeness (QED) is 0.0350. The Morgan fingerprint density at radius 3 is 1.40 bits per heavy atom. The minimum atomic E-state index is -4.55. The van der Waals surface area contributed by atoms with Crippen LogP contribution in [0, 0.1) is 35.5 Å². The molecule has 130 heavy (non-hydrogen) atoms. The topological polar surface area (TPSA) is 324 Å². The van der Waals surface area contributed by atoms with E-state index in [4.69, 9.17) is 43.1 Å². The molecule has 10 heterocycles. The number of aliphatic imine (C=N–C) groups is 2. The van der Waals surface area contributed by atoms with Crippen LogP contribution in [0.25, 0.3) is 66.3 Å². The number of benzene rings is 7. The van der Waals surface area contributed by atoms with Gasteiger partial charge >= 0.3 is 36.7 Å². The van der Waals surface area contributed by atoms with Gasteiger partial charge < -0.3 is 78.5 Å². The van der Waals surface area contributed by atoms with Gasteiger partial charge in [-0.25, -0.2) is 29.1 Å². The molecule has 2 aromatic heterocycles. The number of hydrogen-bond donors (Lipinski definition) is 5. The minimum absolute atomic E-state index is 0.0585. The van der Waals surface area contributed by atoms with Gasteiger partial charge in [-0.15, -0.1) is 0 Å². The van der Waals surface area contributed by atoms with E-state index >= 15 is 0 Å². The molecule has 12 atom stereocenters.